The van der Waals surface area contributed by atoms with Crippen LogP contribution >= 0.6 is 0 Å². The first-order valence-electron chi connectivity index (χ1n) is 8.19. The first-order valence-corrected chi connectivity index (χ1v) is 8.19. The normalized spacial score (nSPS) is 17.6. The highest BCUT2D eigenvalue weighted by molar-refractivity contribution is 5.81. The van der Waals surface area contributed by atoms with E-state index in [4.69, 9.17) is 0 Å². The largest absolute Gasteiger partial charge is 0.357 e. The van der Waals surface area contributed by atoms with E-state index >= 15 is 0 Å². The number of rotatable bonds is 3. The van der Waals surface area contributed by atoms with E-state index < -0.39 is 11.6 Å². The van der Waals surface area contributed by atoms with E-state index in [1.54, 1.807) is 11.0 Å². The Kier molecular flexibility index (Phi) is 4.87. The summed E-state index contributed by atoms with van der Waals surface area (Å²) < 4.78 is 26.4. The summed E-state index contributed by atoms with van der Waals surface area (Å²) in [4.78, 5) is 28.1. The molecule has 3 amide bonds. The monoisotopic (exact) mass is 350 g/mol. The van der Waals surface area contributed by atoms with Crippen LogP contribution in [-0.2, 0) is 11.3 Å². The molecule has 0 radical (unpaired) electrons. The van der Waals surface area contributed by atoms with E-state index in [0.29, 0.717) is 23.1 Å². The number of aromatic amines is 1. The SMILES string of the molecule is CC(=O)N1CCC[C@@H](NC(=O)NCc2cc3cc(F)c(F)cc3[nH]2)C1. The van der Waals surface area contributed by atoms with Crippen LogP contribution in [0.4, 0.5) is 13.6 Å². The number of benzene rings is 1. The van der Waals surface area contributed by atoms with Gasteiger partial charge in [-0.2, -0.15) is 0 Å². The maximum absolute atomic E-state index is 13.2. The van der Waals surface area contributed by atoms with Crippen molar-refractivity contribution in [2.24, 2.45) is 0 Å². The van der Waals surface area contributed by atoms with Crippen molar-refractivity contribution in [1.29, 1.82) is 0 Å². The molecule has 2 heterocycles. The fraction of sp³-hybridized carbons (Fsp3) is 0.412. The van der Waals surface area contributed by atoms with Crippen LogP contribution in [0.1, 0.15) is 25.5 Å². The molecule has 1 aliphatic heterocycles. The number of H-pyrrole nitrogens is 1. The molecular formula is C17H20F2N4O2. The zero-order chi connectivity index (χ0) is 18.0. The number of urea groups is 1. The van der Waals surface area contributed by atoms with Gasteiger partial charge in [-0.3, -0.25) is 4.79 Å². The van der Waals surface area contributed by atoms with Gasteiger partial charge in [-0.25, -0.2) is 13.6 Å². The zero-order valence-corrected chi connectivity index (χ0v) is 13.9. The molecule has 1 saturated heterocycles. The second kappa shape index (κ2) is 7.08. The van der Waals surface area contributed by atoms with Crippen molar-refractivity contribution in [3.8, 4) is 0 Å². The Bertz CT molecular complexity index is 766. The van der Waals surface area contributed by atoms with E-state index in [-0.39, 0.29) is 24.5 Å². The molecule has 1 atom stereocenters. The number of hydrogen-bond acceptors (Lipinski definition) is 2. The molecule has 3 N–H and O–H groups in total. The number of fused-ring (bicyclic) bond motifs is 1. The highest BCUT2D eigenvalue weighted by Gasteiger charge is 2.22. The Morgan fingerprint density at radius 3 is 2.80 bits per heavy atom. The number of hydrogen-bond donors (Lipinski definition) is 3. The number of carbonyl (C=O) groups is 2. The third-order valence-corrected chi connectivity index (χ3v) is 4.36. The Hall–Kier alpha value is -2.64. The Morgan fingerprint density at radius 1 is 1.28 bits per heavy atom. The third kappa shape index (κ3) is 4.07. The summed E-state index contributed by atoms with van der Waals surface area (Å²) in [6.07, 6.45) is 1.67. The van der Waals surface area contributed by atoms with E-state index in [1.165, 1.54) is 6.92 Å². The number of nitrogens with one attached hydrogen (secondary N) is 3. The number of halogens is 2. The lowest BCUT2D eigenvalue weighted by atomic mass is 10.1. The fourth-order valence-electron chi connectivity index (χ4n) is 3.07. The lowest BCUT2D eigenvalue weighted by Gasteiger charge is -2.32. The van der Waals surface area contributed by atoms with Gasteiger partial charge >= 0.3 is 6.03 Å². The number of carbonyl (C=O) groups excluding carboxylic acids is 2. The molecule has 3 rings (SSSR count). The summed E-state index contributed by atoms with van der Waals surface area (Å²) in [5, 5.41) is 6.10. The summed E-state index contributed by atoms with van der Waals surface area (Å²) in [5.41, 5.74) is 1.12. The predicted molar refractivity (Wildman–Crippen MR) is 88.9 cm³/mol. The lowest BCUT2D eigenvalue weighted by Crippen LogP contribution is -2.51. The first kappa shape index (κ1) is 17.2. The van der Waals surface area contributed by atoms with E-state index in [0.717, 1.165) is 31.5 Å². The van der Waals surface area contributed by atoms with Crippen molar-refractivity contribution >= 4 is 22.8 Å². The van der Waals surface area contributed by atoms with Crippen molar-refractivity contribution in [3.63, 3.8) is 0 Å². The smallest absolute Gasteiger partial charge is 0.315 e. The van der Waals surface area contributed by atoms with Gasteiger partial charge in [0.1, 0.15) is 0 Å². The summed E-state index contributed by atoms with van der Waals surface area (Å²) in [6, 6.07) is 3.45. The summed E-state index contributed by atoms with van der Waals surface area (Å²) >= 11 is 0. The van der Waals surface area contributed by atoms with Gasteiger partial charge in [0.2, 0.25) is 5.91 Å². The molecule has 0 saturated carbocycles. The van der Waals surface area contributed by atoms with Gasteiger partial charge < -0.3 is 20.5 Å². The quantitative estimate of drug-likeness (QED) is 0.794. The van der Waals surface area contributed by atoms with Crippen LogP contribution in [0.15, 0.2) is 18.2 Å². The number of amides is 3. The van der Waals surface area contributed by atoms with E-state index in [1.807, 2.05) is 0 Å². The highest BCUT2D eigenvalue weighted by atomic mass is 19.2. The maximum atomic E-state index is 13.2. The summed E-state index contributed by atoms with van der Waals surface area (Å²) in [6.45, 7) is 2.95. The van der Waals surface area contributed by atoms with Crippen molar-refractivity contribution in [2.75, 3.05) is 13.1 Å². The molecular weight excluding hydrogens is 330 g/mol. The molecule has 1 fully saturated rings. The second-order valence-electron chi connectivity index (χ2n) is 6.28. The molecule has 134 valence electrons. The van der Waals surface area contributed by atoms with Crippen LogP contribution in [-0.4, -0.2) is 41.0 Å². The third-order valence-electron chi connectivity index (χ3n) is 4.36. The molecule has 25 heavy (non-hydrogen) atoms. The van der Waals surface area contributed by atoms with Crippen molar-refractivity contribution in [2.45, 2.75) is 32.4 Å². The molecule has 1 aromatic carbocycles. The van der Waals surface area contributed by atoms with Crippen molar-refractivity contribution in [3.05, 3.63) is 35.5 Å². The minimum Gasteiger partial charge on any atom is -0.357 e. The van der Waals surface area contributed by atoms with Crippen molar-refractivity contribution < 1.29 is 18.4 Å². The van der Waals surface area contributed by atoms with Crippen LogP contribution in [0.25, 0.3) is 10.9 Å². The van der Waals surface area contributed by atoms with Gasteiger partial charge in [0.25, 0.3) is 0 Å². The summed E-state index contributed by atoms with van der Waals surface area (Å²) in [7, 11) is 0. The van der Waals surface area contributed by atoms with Gasteiger partial charge in [0.05, 0.1) is 6.54 Å². The average molecular weight is 350 g/mol. The lowest BCUT2D eigenvalue weighted by molar-refractivity contribution is -0.130. The first-order chi connectivity index (χ1) is 11.9. The van der Waals surface area contributed by atoms with Gasteiger partial charge in [-0.15, -0.1) is 0 Å². The molecule has 8 heteroatoms. The van der Waals surface area contributed by atoms with Crippen LogP contribution < -0.4 is 10.6 Å². The number of piperidine rings is 1. The zero-order valence-electron chi connectivity index (χ0n) is 13.9. The Labute approximate surface area is 143 Å². The highest BCUT2D eigenvalue weighted by Crippen LogP contribution is 2.19. The maximum Gasteiger partial charge on any atom is 0.315 e. The molecule has 0 aliphatic carbocycles. The predicted octanol–water partition coefficient (Wildman–Crippen LogP) is 2.26. The molecule has 6 nitrogen and oxygen atoms in total. The topological polar surface area (TPSA) is 77.2 Å². The van der Waals surface area contributed by atoms with Crippen LogP contribution in [0.5, 0.6) is 0 Å². The second-order valence-corrected chi connectivity index (χ2v) is 6.28. The molecule has 0 unspecified atom stereocenters. The Morgan fingerprint density at radius 2 is 2.04 bits per heavy atom. The number of likely N-dealkylation sites (tertiary alicyclic amines) is 1. The van der Waals surface area contributed by atoms with Crippen LogP contribution in [0.2, 0.25) is 0 Å². The molecule has 0 spiro atoms. The number of nitrogens with zero attached hydrogens (tertiary/aromatic N) is 1. The van der Waals surface area contributed by atoms with Gasteiger partial charge in [-0.1, -0.05) is 0 Å². The minimum absolute atomic E-state index is 0.00412. The molecule has 0 bridgehead atoms. The van der Waals surface area contributed by atoms with Gasteiger partial charge in [-0.05, 0) is 25.0 Å². The average Bonchev–Trinajstić information content (AvgIpc) is 2.95. The van der Waals surface area contributed by atoms with Crippen LogP contribution in [0, 0.1) is 11.6 Å². The fourth-order valence-corrected chi connectivity index (χ4v) is 3.07. The van der Waals surface area contributed by atoms with E-state index in [9.17, 15) is 18.4 Å². The van der Waals surface area contributed by atoms with Gasteiger partial charge in [0.15, 0.2) is 11.6 Å². The standard InChI is InChI=1S/C17H20F2N4O2/c1-10(24)23-4-2-3-12(9-23)22-17(25)20-8-13-5-11-6-14(18)15(19)7-16(11)21-13/h5-7,12,21H,2-4,8-9H2,1H3,(H2,20,22,25)/t12-/m1/s1. The van der Waals surface area contributed by atoms with Gasteiger partial charge in [0, 0.05) is 48.7 Å². The summed E-state index contributed by atoms with van der Waals surface area (Å²) in [5.74, 6) is -1.82. The minimum atomic E-state index is -0.918. The molecule has 1 aromatic heterocycles. The molecule has 2 aromatic rings. The Balaban J connectivity index is 1.54. The van der Waals surface area contributed by atoms with Crippen molar-refractivity contribution in [1.82, 2.24) is 20.5 Å². The van der Waals surface area contributed by atoms with E-state index in [2.05, 4.69) is 15.6 Å². The number of aromatic nitrogens is 1. The molecule has 1 aliphatic rings. The van der Waals surface area contributed by atoms with Crippen LogP contribution in [0.3, 0.4) is 0 Å².